The Labute approximate surface area is 142 Å². The van der Waals surface area contributed by atoms with E-state index in [9.17, 15) is 14.4 Å². The van der Waals surface area contributed by atoms with Gasteiger partial charge >= 0.3 is 17.9 Å². The van der Waals surface area contributed by atoms with Gasteiger partial charge in [-0.15, -0.1) is 0 Å². The van der Waals surface area contributed by atoms with Crippen LogP contribution >= 0.6 is 0 Å². The van der Waals surface area contributed by atoms with Crippen molar-refractivity contribution in [1.29, 1.82) is 0 Å². The molecule has 0 aromatic carbocycles. The van der Waals surface area contributed by atoms with Crippen LogP contribution in [-0.4, -0.2) is 24.5 Å². The highest BCUT2D eigenvalue weighted by atomic mass is 16.6. The third kappa shape index (κ3) is 3.26. The van der Waals surface area contributed by atoms with Gasteiger partial charge < -0.3 is 9.47 Å². The minimum atomic E-state index is -0.818. The van der Waals surface area contributed by atoms with E-state index >= 15 is 0 Å². The molecule has 0 spiro atoms. The molecule has 0 unspecified atom stereocenters. The van der Waals surface area contributed by atoms with Crippen molar-refractivity contribution in [3.8, 4) is 0 Å². The van der Waals surface area contributed by atoms with Gasteiger partial charge in [-0.05, 0) is 68.1 Å². The van der Waals surface area contributed by atoms with Crippen LogP contribution in [0.1, 0.15) is 52.4 Å². The first kappa shape index (κ1) is 17.2. The molecule has 0 radical (unpaired) electrons. The summed E-state index contributed by atoms with van der Waals surface area (Å²) < 4.78 is 9.58. The zero-order valence-electron chi connectivity index (χ0n) is 14.5. The molecule has 0 saturated heterocycles. The Morgan fingerprint density at radius 3 is 2.04 bits per heavy atom. The number of rotatable bonds is 5. The van der Waals surface area contributed by atoms with Crippen molar-refractivity contribution in [3.63, 3.8) is 0 Å². The Hall–Kier alpha value is -1.65. The Morgan fingerprint density at radius 2 is 1.54 bits per heavy atom. The molecule has 4 aliphatic carbocycles. The molecule has 0 atom stereocenters. The van der Waals surface area contributed by atoms with Crippen molar-refractivity contribution in [2.45, 2.75) is 52.4 Å². The van der Waals surface area contributed by atoms with Gasteiger partial charge in [0.25, 0.3) is 0 Å². The van der Waals surface area contributed by atoms with E-state index in [1.807, 2.05) is 0 Å². The van der Waals surface area contributed by atoms with E-state index in [1.54, 1.807) is 0 Å². The molecule has 0 aromatic rings. The predicted octanol–water partition coefficient (Wildman–Crippen LogP) is 3.03. The molecule has 0 N–H and O–H groups in total. The summed E-state index contributed by atoms with van der Waals surface area (Å²) in [5, 5.41) is 0. The number of hydrogen-bond acceptors (Lipinski definition) is 5. The fraction of sp³-hybridized carbons (Fsp3) is 0.737. The van der Waals surface area contributed by atoms with Gasteiger partial charge in [0.05, 0.1) is 6.42 Å². The molecular formula is C19H26O5. The number of carbonyl (C=O) groups excluding carboxylic acids is 3. The van der Waals surface area contributed by atoms with Gasteiger partial charge in [0, 0.05) is 5.57 Å². The summed E-state index contributed by atoms with van der Waals surface area (Å²) in [6.45, 7) is 6.56. The summed E-state index contributed by atoms with van der Waals surface area (Å²) in [6, 6.07) is 0. The van der Waals surface area contributed by atoms with Gasteiger partial charge in [0.15, 0.2) is 6.61 Å². The highest BCUT2D eigenvalue weighted by Gasteiger charge is 2.55. The van der Waals surface area contributed by atoms with Crippen LogP contribution in [0.4, 0.5) is 0 Å². The van der Waals surface area contributed by atoms with E-state index in [1.165, 1.54) is 39.0 Å². The van der Waals surface area contributed by atoms with Crippen LogP contribution < -0.4 is 0 Å². The molecule has 132 valence electrons. The molecule has 5 heteroatoms. The van der Waals surface area contributed by atoms with Crippen molar-refractivity contribution in [2.24, 2.45) is 29.1 Å². The lowest BCUT2D eigenvalue weighted by molar-refractivity contribution is -0.172. The molecule has 5 nitrogen and oxygen atoms in total. The van der Waals surface area contributed by atoms with E-state index < -0.39 is 24.5 Å². The smallest absolute Gasteiger partial charge is 0.351 e. The summed E-state index contributed by atoms with van der Waals surface area (Å²) in [7, 11) is 0. The third-order valence-electron chi connectivity index (χ3n) is 6.43. The minimum absolute atomic E-state index is 0.0564. The summed E-state index contributed by atoms with van der Waals surface area (Å²) in [6.07, 6.45) is 6.48. The van der Waals surface area contributed by atoms with Crippen LogP contribution in [0, 0.1) is 29.1 Å². The maximum Gasteiger partial charge on any atom is 0.351 e. The lowest BCUT2D eigenvalue weighted by atomic mass is 9.45. The zero-order valence-corrected chi connectivity index (χ0v) is 14.5. The van der Waals surface area contributed by atoms with Gasteiger partial charge in [0.1, 0.15) is 0 Å². The Morgan fingerprint density at radius 1 is 1.00 bits per heavy atom. The zero-order chi connectivity index (χ0) is 17.5. The second-order valence-electron chi connectivity index (χ2n) is 8.19. The van der Waals surface area contributed by atoms with E-state index in [4.69, 9.17) is 9.47 Å². The van der Waals surface area contributed by atoms with Crippen molar-refractivity contribution < 1.29 is 23.9 Å². The van der Waals surface area contributed by atoms with Crippen molar-refractivity contribution in [3.05, 3.63) is 12.2 Å². The third-order valence-corrected chi connectivity index (χ3v) is 6.43. The van der Waals surface area contributed by atoms with E-state index in [0.29, 0.717) is 11.8 Å². The van der Waals surface area contributed by atoms with Gasteiger partial charge in [-0.25, -0.2) is 9.59 Å². The second-order valence-corrected chi connectivity index (χ2v) is 8.19. The first-order chi connectivity index (χ1) is 11.3. The van der Waals surface area contributed by atoms with Crippen LogP contribution in [0.3, 0.4) is 0 Å². The number of hydrogen-bond donors (Lipinski definition) is 0. The average Bonchev–Trinajstić information content (AvgIpc) is 2.49. The fourth-order valence-electron chi connectivity index (χ4n) is 5.30. The first-order valence-electron chi connectivity index (χ1n) is 8.84. The minimum Gasteiger partial charge on any atom is -0.450 e. The maximum absolute atomic E-state index is 12.2. The number of ether oxygens (including phenoxy) is 2. The van der Waals surface area contributed by atoms with Gasteiger partial charge in [-0.1, -0.05) is 13.5 Å². The lowest BCUT2D eigenvalue weighted by Gasteiger charge is -2.60. The lowest BCUT2D eigenvalue weighted by Crippen LogP contribution is -2.52. The molecule has 24 heavy (non-hydrogen) atoms. The summed E-state index contributed by atoms with van der Waals surface area (Å²) in [4.78, 5) is 35.2. The summed E-state index contributed by atoms with van der Waals surface area (Å²) >= 11 is 0. The van der Waals surface area contributed by atoms with Gasteiger partial charge in [-0.3, -0.25) is 4.79 Å². The molecule has 4 fully saturated rings. The van der Waals surface area contributed by atoms with E-state index in [-0.39, 0.29) is 17.4 Å². The van der Waals surface area contributed by atoms with E-state index in [2.05, 4.69) is 13.5 Å². The largest absolute Gasteiger partial charge is 0.450 e. The van der Waals surface area contributed by atoms with Crippen molar-refractivity contribution in [1.82, 2.24) is 0 Å². The highest BCUT2D eigenvalue weighted by Crippen LogP contribution is 2.63. The molecule has 4 saturated carbocycles. The SMILES string of the molecule is C=C(C)C(=O)OCC(=O)OC(=O)CC1(C)C2CC3CC(C2)CC1C3. The first-order valence-corrected chi connectivity index (χ1v) is 8.84. The molecule has 4 bridgehead atoms. The van der Waals surface area contributed by atoms with Gasteiger partial charge in [-0.2, -0.15) is 0 Å². The highest BCUT2D eigenvalue weighted by molar-refractivity contribution is 5.90. The fourth-order valence-corrected chi connectivity index (χ4v) is 5.30. The van der Waals surface area contributed by atoms with Crippen LogP contribution in [0.2, 0.25) is 0 Å². The Bertz CT molecular complexity index is 548. The maximum atomic E-state index is 12.2. The molecule has 0 aliphatic heterocycles. The molecule has 0 heterocycles. The predicted molar refractivity (Wildman–Crippen MR) is 86.6 cm³/mol. The molecular weight excluding hydrogens is 308 g/mol. The van der Waals surface area contributed by atoms with Crippen LogP contribution in [0.15, 0.2) is 12.2 Å². The number of esters is 3. The van der Waals surface area contributed by atoms with Crippen molar-refractivity contribution in [2.75, 3.05) is 6.61 Å². The standard InChI is InChI=1S/C19H26O5/c1-11(2)18(22)23-10-17(21)24-16(20)9-19(3)14-5-12-4-13(7-14)8-15(19)6-12/h12-15H,1,4-10H2,2-3H3. The second kappa shape index (κ2) is 6.34. The Balaban J connectivity index is 1.52. The molecule has 0 amide bonds. The molecule has 0 aromatic heterocycles. The molecule has 4 rings (SSSR count). The quantitative estimate of drug-likeness (QED) is 0.439. The van der Waals surface area contributed by atoms with Crippen LogP contribution in [-0.2, 0) is 23.9 Å². The normalized spacial score (nSPS) is 36.2. The average molecular weight is 334 g/mol. The Kier molecular flexibility index (Phi) is 4.54. The molecule has 4 aliphatic rings. The van der Waals surface area contributed by atoms with Crippen molar-refractivity contribution >= 4 is 17.9 Å². The summed E-state index contributed by atoms with van der Waals surface area (Å²) in [5.74, 6) is 0.825. The van der Waals surface area contributed by atoms with E-state index in [0.717, 1.165) is 11.8 Å². The monoisotopic (exact) mass is 334 g/mol. The topological polar surface area (TPSA) is 69.7 Å². The van der Waals surface area contributed by atoms with Crippen LogP contribution in [0.25, 0.3) is 0 Å². The summed E-state index contributed by atoms with van der Waals surface area (Å²) in [5.41, 5.74) is 0.148. The number of carbonyl (C=O) groups is 3. The van der Waals surface area contributed by atoms with Gasteiger partial charge in [0.2, 0.25) is 0 Å². The van der Waals surface area contributed by atoms with Crippen LogP contribution in [0.5, 0.6) is 0 Å².